The molecule has 4 aliphatic heterocycles. The summed E-state index contributed by atoms with van der Waals surface area (Å²) in [6.45, 7) is 33.1. The van der Waals surface area contributed by atoms with E-state index in [1.165, 1.54) is 0 Å². The average molecular weight is 791 g/mol. The number of carbonyl (C=O) groups excluding carboxylic acids is 4. The summed E-state index contributed by atoms with van der Waals surface area (Å²) in [6, 6.07) is 0. The minimum Gasteiger partial charge on any atom is -0.462 e. The Balaban J connectivity index is 1.68. The zero-order chi connectivity index (χ0) is 42.5. The van der Waals surface area contributed by atoms with Gasteiger partial charge in [0.1, 0.15) is 24.4 Å². The third-order valence-corrected chi connectivity index (χ3v) is 11.6. The average Bonchev–Trinajstić information content (AvgIpc) is 2.87. The molecule has 0 aromatic rings. The first kappa shape index (κ1) is 46.4. The molecule has 0 amide bonds. The molecular weight excluding hydrogens is 713 g/mol. The van der Waals surface area contributed by atoms with Crippen LogP contribution in [-0.2, 0) is 38.1 Å². The largest absolute Gasteiger partial charge is 0.462 e. The van der Waals surface area contributed by atoms with E-state index in [9.17, 15) is 19.2 Å². The van der Waals surface area contributed by atoms with E-state index >= 15 is 0 Å². The Hall–Kier alpha value is -2.28. The molecule has 4 saturated heterocycles. The lowest BCUT2D eigenvalue weighted by molar-refractivity contribution is -0.178. The van der Waals surface area contributed by atoms with Gasteiger partial charge >= 0.3 is 23.9 Å². The second-order valence-corrected chi connectivity index (χ2v) is 23.2. The molecule has 4 N–H and O–H groups in total. The third kappa shape index (κ3) is 13.9. The van der Waals surface area contributed by atoms with Gasteiger partial charge in [0.2, 0.25) is 0 Å². The number of esters is 4. The molecule has 0 spiro atoms. The summed E-state index contributed by atoms with van der Waals surface area (Å²) >= 11 is 0. The monoisotopic (exact) mass is 791 g/mol. The van der Waals surface area contributed by atoms with E-state index in [1.807, 2.05) is 0 Å². The normalized spacial score (nSPS) is 27.9. The number of rotatable bonds is 11. The molecule has 0 bridgehead atoms. The van der Waals surface area contributed by atoms with Crippen LogP contribution in [0, 0.1) is 11.8 Å². The van der Waals surface area contributed by atoms with E-state index in [-0.39, 0.29) is 44.3 Å². The van der Waals surface area contributed by atoms with Crippen LogP contribution in [-0.4, -0.2) is 92.6 Å². The van der Waals surface area contributed by atoms with Gasteiger partial charge in [0.25, 0.3) is 0 Å². The van der Waals surface area contributed by atoms with Crippen molar-refractivity contribution in [2.45, 2.75) is 244 Å². The van der Waals surface area contributed by atoms with Crippen molar-refractivity contribution in [2.24, 2.45) is 11.8 Å². The lowest BCUT2D eigenvalue weighted by Crippen LogP contribution is -2.60. The first-order valence-corrected chi connectivity index (χ1v) is 21.1. The number of hydrogen-bond donors (Lipinski definition) is 4. The van der Waals surface area contributed by atoms with Crippen LogP contribution in [0.25, 0.3) is 0 Å². The lowest BCUT2D eigenvalue weighted by Gasteiger charge is -2.47. The summed E-state index contributed by atoms with van der Waals surface area (Å²) in [7, 11) is 0. The molecule has 4 rings (SSSR count). The fraction of sp³-hybridized carbons (Fsp3) is 0.909. The van der Waals surface area contributed by atoms with Gasteiger partial charge in [-0.15, -0.1) is 0 Å². The molecule has 2 atom stereocenters. The Labute approximate surface area is 338 Å². The second kappa shape index (κ2) is 16.1. The van der Waals surface area contributed by atoms with E-state index in [2.05, 4.69) is 132 Å². The van der Waals surface area contributed by atoms with Crippen molar-refractivity contribution >= 4 is 23.9 Å². The Morgan fingerprint density at radius 2 is 0.554 bits per heavy atom. The van der Waals surface area contributed by atoms with Gasteiger partial charge in [0, 0.05) is 95.7 Å². The van der Waals surface area contributed by atoms with Gasteiger partial charge in [-0.1, -0.05) is 0 Å². The van der Waals surface area contributed by atoms with Gasteiger partial charge in [-0.25, -0.2) is 0 Å². The van der Waals surface area contributed by atoms with Crippen LogP contribution >= 0.6 is 0 Å². The van der Waals surface area contributed by atoms with Crippen LogP contribution < -0.4 is 21.3 Å². The zero-order valence-electron chi connectivity index (χ0n) is 37.8. The first-order chi connectivity index (χ1) is 25.1. The molecule has 0 aromatic carbocycles. The predicted octanol–water partition coefficient (Wildman–Crippen LogP) is 6.41. The Morgan fingerprint density at radius 1 is 0.375 bits per heavy atom. The highest BCUT2D eigenvalue weighted by Crippen LogP contribution is 2.37. The van der Waals surface area contributed by atoms with Crippen LogP contribution in [0.5, 0.6) is 0 Å². The summed E-state index contributed by atoms with van der Waals surface area (Å²) < 4.78 is 24.8. The van der Waals surface area contributed by atoms with Crippen molar-refractivity contribution in [3.05, 3.63) is 0 Å². The maximum atomic E-state index is 14.6. The van der Waals surface area contributed by atoms with Crippen LogP contribution in [0.4, 0.5) is 0 Å². The number of piperidine rings is 4. The number of hydrogen-bond acceptors (Lipinski definition) is 12. The minimum atomic E-state index is -1.34. The highest BCUT2D eigenvalue weighted by Gasteiger charge is 2.48. The molecule has 4 aliphatic rings. The van der Waals surface area contributed by atoms with E-state index in [0.717, 1.165) is 0 Å². The van der Waals surface area contributed by atoms with Gasteiger partial charge < -0.3 is 40.2 Å². The molecule has 4 heterocycles. The topological polar surface area (TPSA) is 153 Å². The SMILES string of the molecule is CC1(C)CC(OC(=O)C[C@@H](C(=O)OC2CC(C)(C)NC(C)(C)C2)[C@@H](CC(=O)OC2CC(C)(C)NC(C)(C)C2)C(=O)OC2CC(C)(C)NC(C)(C)C2)CC(C)(C)N1. The molecule has 4 fully saturated rings. The summed E-state index contributed by atoms with van der Waals surface area (Å²) in [6.07, 6.45) is 1.83. The molecule has 0 aromatic heterocycles. The third-order valence-electron chi connectivity index (χ3n) is 11.6. The van der Waals surface area contributed by atoms with Crippen molar-refractivity contribution in [3.63, 3.8) is 0 Å². The molecule has 0 unspecified atom stereocenters. The van der Waals surface area contributed by atoms with Crippen molar-refractivity contribution in [1.29, 1.82) is 0 Å². The molecule has 0 saturated carbocycles. The molecule has 12 nitrogen and oxygen atoms in total. The minimum absolute atomic E-state index is 0.288. The summed E-state index contributed by atoms with van der Waals surface area (Å²) in [4.78, 5) is 57.3. The number of nitrogens with one attached hydrogen (secondary N) is 4. The molecule has 0 aliphatic carbocycles. The maximum Gasteiger partial charge on any atom is 0.310 e. The van der Waals surface area contributed by atoms with Gasteiger partial charge in [-0.3, -0.25) is 19.2 Å². The van der Waals surface area contributed by atoms with Crippen molar-refractivity contribution in [3.8, 4) is 0 Å². The zero-order valence-corrected chi connectivity index (χ0v) is 37.8. The van der Waals surface area contributed by atoms with Crippen LogP contribution in [0.1, 0.15) is 175 Å². The number of carbonyl (C=O) groups is 4. The van der Waals surface area contributed by atoms with Crippen LogP contribution in [0.2, 0.25) is 0 Å². The second-order valence-electron chi connectivity index (χ2n) is 23.2. The summed E-state index contributed by atoms with van der Waals surface area (Å²) in [5.41, 5.74) is -2.47. The summed E-state index contributed by atoms with van der Waals surface area (Å²) in [5, 5.41) is 14.5. The van der Waals surface area contributed by atoms with Crippen LogP contribution in [0.3, 0.4) is 0 Å². The van der Waals surface area contributed by atoms with E-state index in [0.29, 0.717) is 51.4 Å². The van der Waals surface area contributed by atoms with Gasteiger partial charge in [0.15, 0.2) is 0 Å². The van der Waals surface area contributed by atoms with Gasteiger partial charge in [0.05, 0.1) is 24.7 Å². The van der Waals surface area contributed by atoms with Crippen molar-refractivity contribution in [1.82, 2.24) is 21.3 Å². The van der Waals surface area contributed by atoms with Crippen LogP contribution in [0.15, 0.2) is 0 Å². The molecule has 56 heavy (non-hydrogen) atoms. The quantitative estimate of drug-likeness (QED) is 0.135. The molecule has 12 heteroatoms. The first-order valence-electron chi connectivity index (χ1n) is 21.1. The van der Waals surface area contributed by atoms with Gasteiger partial charge in [-0.05, 0) is 111 Å². The van der Waals surface area contributed by atoms with Crippen molar-refractivity contribution in [2.75, 3.05) is 0 Å². The van der Waals surface area contributed by atoms with Gasteiger partial charge in [-0.2, -0.15) is 0 Å². The summed E-state index contributed by atoms with van der Waals surface area (Å²) in [5.74, 6) is -5.33. The van der Waals surface area contributed by atoms with E-state index < -0.39 is 73.0 Å². The van der Waals surface area contributed by atoms with Crippen molar-refractivity contribution < 1.29 is 38.1 Å². The Kier molecular flexibility index (Phi) is 13.3. The molecule has 322 valence electrons. The maximum absolute atomic E-state index is 14.6. The highest BCUT2D eigenvalue weighted by molar-refractivity contribution is 5.88. The molecule has 0 radical (unpaired) electrons. The standard InChI is InChI=1S/C44H78N4O8/c1-37(2)19-27(20-38(3,4)45-37)53-33(49)17-31(35(51)55-29-23-41(9,10)47-42(11,12)24-29)32(36(52)56-30-25-43(13,14)48-44(15,16)26-30)18-34(50)54-28-21-39(5,6)46-40(7,8)22-28/h27-32,45-48H,17-26H2,1-16H3/t31-,32-/m1/s1. The predicted molar refractivity (Wildman–Crippen MR) is 218 cm³/mol. The Morgan fingerprint density at radius 3 is 0.750 bits per heavy atom. The fourth-order valence-electron chi connectivity index (χ4n) is 11.4. The Bertz CT molecular complexity index is 1290. The van der Waals surface area contributed by atoms with E-state index in [4.69, 9.17) is 18.9 Å². The highest BCUT2D eigenvalue weighted by atomic mass is 16.6. The molecular formula is C44H78N4O8. The smallest absolute Gasteiger partial charge is 0.310 e. The number of ether oxygens (including phenoxy) is 4. The lowest BCUT2D eigenvalue weighted by atomic mass is 9.80. The van der Waals surface area contributed by atoms with E-state index in [1.54, 1.807) is 0 Å². The fourth-order valence-corrected chi connectivity index (χ4v) is 11.4.